The molecule has 4 aliphatic rings. The fraction of sp³-hybridized carbons (Fsp3) is 0.560. The van der Waals surface area contributed by atoms with E-state index in [2.05, 4.69) is 37.2 Å². The highest BCUT2D eigenvalue weighted by Gasteiger charge is 2.52. The SMILES string of the molecule is Nc1nc2c(ncn2[C@@H]2O[C@@H]3COP(O)(=S)O[C@H]4[C@@H](O)[C@H](n5cc6c7c(ncnc75)CCCC6)O[C@@H]4COP(=O)(S)O[C@@H]2[C@@H]3N)c(=O)[nH]1. The summed E-state index contributed by atoms with van der Waals surface area (Å²) in [6.07, 6.45) is -0.137. The van der Waals surface area contributed by atoms with Gasteiger partial charge in [-0.25, -0.2) is 19.5 Å². The minimum absolute atomic E-state index is 0.0428. The monoisotopic (exact) mass is 743 g/mol. The molecule has 2 bridgehead atoms. The Balaban J connectivity index is 1.11. The van der Waals surface area contributed by atoms with E-state index in [4.69, 9.17) is 50.8 Å². The Labute approximate surface area is 281 Å². The van der Waals surface area contributed by atoms with Crippen molar-refractivity contribution in [2.75, 3.05) is 18.9 Å². The third-order valence-electron chi connectivity index (χ3n) is 8.90. The lowest BCUT2D eigenvalue weighted by Gasteiger charge is -2.27. The Morgan fingerprint density at radius 2 is 1.79 bits per heavy atom. The molecule has 7 heterocycles. The van der Waals surface area contributed by atoms with E-state index in [1.165, 1.54) is 17.2 Å². The van der Waals surface area contributed by atoms with Gasteiger partial charge in [0, 0.05) is 11.6 Å². The first-order chi connectivity index (χ1) is 22.9. The van der Waals surface area contributed by atoms with E-state index in [0.717, 1.165) is 42.3 Å². The van der Waals surface area contributed by atoms with Crippen molar-refractivity contribution < 1.29 is 42.1 Å². The van der Waals surface area contributed by atoms with Crippen LogP contribution in [0.2, 0.25) is 0 Å². The molecule has 48 heavy (non-hydrogen) atoms. The van der Waals surface area contributed by atoms with Gasteiger partial charge in [0.25, 0.3) is 5.56 Å². The second-order valence-electron chi connectivity index (χ2n) is 11.9. The van der Waals surface area contributed by atoms with Crippen LogP contribution < -0.4 is 17.0 Å². The number of anilines is 1. The van der Waals surface area contributed by atoms with E-state index in [0.29, 0.717) is 5.65 Å². The Morgan fingerprint density at radius 1 is 1.02 bits per heavy atom. The number of nitrogens with two attached hydrogens (primary N) is 2. The number of ether oxygens (including phenoxy) is 2. The molecule has 0 saturated carbocycles. The predicted octanol–water partition coefficient (Wildman–Crippen LogP) is 0.580. The summed E-state index contributed by atoms with van der Waals surface area (Å²) >= 11 is 9.55. The number of aromatic amines is 1. The van der Waals surface area contributed by atoms with Gasteiger partial charge >= 0.3 is 13.5 Å². The smallest absolute Gasteiger partial charge is 0.386 e. The van der Waals surface area contributed by atoms with Crippen molar-refractivity contribution in [3.8, 4) is 0 Å². The van der Waals surface area contributed by atoms with Gasteiger partial charge in [0.1, 0.15) is 42.5 Å². The van der Waals surface area contributed by atoms with Gasteiger partial charge < -0.3 is 40.0 Å². The van der Waals surface area contributed by atoms with Gasteiger partial charge in [0.2, 0.25) is 5.95 Å². The van der Waals surface area contributed by atoms with Crippen molar-refractivity contribution in [2.45, 2.75) is 74.7 Å². The summed E-state index contributed by atoms with van der Waals surface area (Å²) in [4.78, 5) is 43.2. The summed E-state index contributed by atoms with van der Waals surface area (Å²) in [6.45, 7) is -9.24. The molecule has 4 aromatic heterocycles. The van der Waals surface area contributed by atoms with Crippen LogP contribution in [-0.4, -0.2) is 93.8 Å². The van der Waals surface area contributed by atoms with Crippen LogP contribution in [0.1, 0.15) is 36.6 Å². The van der Waals surface area contributed by atoms with Crippen LogP contribution in [0.15, 0.2) is 23.6 Å². The normalized spacial score (nSPS) is 37.5. The second kappa shape index (κ2) is 12.2. The van der Waals surface area contributed by atoms with Crippen LogP contribution in [0.25, 0.3) is 22.2 Å². The summed E-state index contributed by atoms with van der Waals surface area (Å²) in [7, 11) is 0. The molecule has 7 N–H and O–H groups in total. The first-order valence-corrected chi connectivity index (χ1v) is 20.3. The molecular weight excluding hydrogens is 712 g/mol. The van der Waals surface area contributed by atoms with Gasteiger partial charge in [-0.15, -0.1) is 0 Å². The molecule has 3 fully saturated rings. The minimum atomic E-state index is -4.27. The van der Waals surface area contributed by atoms with E-state index in [-0.39, 0.29) is 17.1 Å². The molecule has 1 aliphatic carbocycles. The van der Waals surface area contributed by atoms with Crippen LogP contribution in [0.3, 0.4) is 0 Å². The molecule has 10 atom stereocenters. The molecule has 23 heteroatoms. The fourth-order valence-corrected chi connectivity index (χ4v) is 9.62. The third kappa shape index (κ3) is 5.73. The number of fused-ring (bicyclic) bond motifs is 4. The van der Waals surface area contributed by atoms with Gasteiger partial charge in [0.05, 0.1) is 31.3 Å². The number of nitrogens with one attached hydrogen (secondary N) is 1. The second-order valence-corrected chi connectivity index (χ2v) is 17.6. The molecular formula is C25H31N9O10P2S2. The summed E-state index contributed by atoms with van der Waals surface area (Å²) in [5.74, 6) is -0.177. The summed E-state index contributed by atoms with van der Waals surface area (Å²) < 4.78 is 52.3. The Hall–Kier alpha value is -2.36. The number of aryl methyl sites for hydroxylation is 2. The topological polar surface area (TPSA) is 259 Å². The molecule has 258 valence electrons. The maximum Gasteiger partial charge on any atom is 0.386 e. The minimum Gasteiger partial charge on any atom is -0.386 e. The van der Waals surface area contributed by atoms with Crippen LogP contribution in [0.4, 0.5) is 5.95 Å². The summed E-state index contributed by atoms with van der Waals surface area (Å²) in [5, 5.41) is 12.5. The van der Waals surface area contributed by atoms with E-state index in [9.17, 15) is 19.4 Å². The number of hydrogen-bond acceptors (Lipinski definition) is 16. The average molecular weight is 744 g/mol. The zero-order chi connectivity index (χ0) is 33.5. The Bertz CT molecular complexity index is 2060. The summed E-state index contributed by atoms with van der Waals surface area (Å²) in [6, 6.07) is -1.05. The number of rotatable bonds is 2. The number of imidazole rings is 1. The molecule has 8 rings (SSSR count). The molecule has 0 aromatic carbocycles. The quantitative estimate of drug-likeness (QED) is 0.121. The number of hydrogen-bond donors (Lipinski definition) is 6. The molecule has 4 aromatic rings. The van der Waals surface area contributed by atoms with Crippen LogP contribution in [0.5, 0.6) is 0 Å². The van der Waals surface area contributed by atoms with Gasteiger partial charge in [-0.1, -0.05) is 12.2 Å². The van der Waals surface area contributed by atoms with Gasteiger partial charge in [-0.05, 0) is 43.1 Å². The van der Waals surface area contributed by atoms with Gasteiger partial charge in [-0.2, -0.15) is 4.98 Å². The first kappa shape index (κ1) is 32.8. The van der Waals surface area contributed by atoms with Crippen LogP contribution >= 0.6 is 25.8 Å². The molecule has 0 amide bonds. The van der Waals surface area contributed by atoms with Crippen molar-refractivity contribution in [1.82, 2.24) is 34.1 Å². The number of aliphatic hydroxyl groups is 1. The van der Waals surface area contributed by atoms with E-state index >= 15 is 0 Å². The van der Waals surface area contributed by atoms with Crippen LogP contribution in [-0.2, 0) is 56.8 Å². The maximum atomic E-state index is 13.7. The highest BCUT2D eigenvalue weighted by molar-refractivity contribution is 8.44. The van der Waals surface area contributed by atoms with Crippen molar-refractivity contribution in [3.63, 3.8) is 0 Å². The third-order valence-corrected chi connectivity index (χ3v) is 12.1. The lowest BCUT2D eigenvalue weighted by Crippen LogP contribution is -2.42. The number of aliphatic hydroxyl groups excluding tert-OH is 1. The molecule has 3 aliphatic heterocycles. The van der Waals surface area contributed by atoms with E-state index < -0.39 is 81.3 Å². The van der Waals surface area contributed by atoms with Crippen molar-refractivity contribution in [2.24, 2.45) is 5.73 Å². The van der Waals surface area contributed by atoms with Crippen LogP contribution in [0, 0.1) is 0 Å². The average Bonchev–Trinajstić information content (AvgIpc) is 3.73. The van der Waals surface area contributed by atoms with Crippen molar-refractivity contribution in [1.29, 1.82) is 0 Å². The first-order valence-electron chi connectivity index (χ1n) is 15.0. The number of nitrogens with zero attached hydrogens (tertiary/aromatic N) is 6. The molecule has 2 unspecified atom stereocenters. The molecule has 0 spiro atoms. The standard InChI is InChI=1S/C25H31N9O10P2S2/c26-15-12-6-39-45(37,47)43-18-13(42-23(17(18)35)33-5-10-3-1-2-4-11-14(10)20(33)29-8-28-11)7-40-46(38,48)44-19(15)24(41-12)34-9-30-16-21(34)31-25(27)32-22(16)36/h5,8-9,12-13,15,17-19,23-24,35H,1-4,6-7,26H2,(H,37,47)(H,38,48)(H3,27,31,32,36)/t12-,13-,15-,17-,18-,19-,23-,24-,45?,46?/m1/s1. The highest BCUT2D eigenvalue weighted by Crippen LogP contribution is 2.58. The number of aromatic nitrogens is 7. The highest BCUT2D eigenvalue weighted by atomic mass is 32.7. The van der Waals surface area contributed by atoms with Gasteiger partial charge in [-0.3, -0.25) is 27.9 Å². The maximum absolute atomic E-state index is 13.7. The number of thiol groups is 1. The number of nitrogen functional groups attached to an aromatic ring is 1. The van der Waals surface area contributed by atoms with E-state index in [1.807, 2.05) is 6.20 Å². The fourth-order valence-electron chi connectivity index (χ4n) is 6.70. The largest absolute Gasteiger partial charge is 0.386 e. The van der Waals surface area contributed by atoms with Crippen molar-refractivity contribution >= 4 is 65.7 Å². The predicted molar refractivity (Wildman–Crippen MR) is 173 cm³/mol. The van der Waals surface area contributed by atoms with Gasteiger partial charge in [0.15, 0.2) is 23.6 Å². The number of H-pyrrole nitrogens is 1. The summed E-state index contributed by atoms with van der Waals surface area (Å²) in [5.41, 5.74) is 14.2. The molecule has 19 nitrogen and oxygen atoms in total. The van der Waals surface area contributed by atoms with E-state index in [1.54, 1.807) is 4.57 Å². The lowest BCUT2D eigenvalue weighted by atomic mass is 10.1. The zero-order valence-corrected chi connectivity index (χ0v) is 28.3. The Kier molecular flexibility index (Phi) is 8.31. The zero-order valence-electron chi connectivity index (χ0n) is 24.8. The van der Waals surface area contributed by atoms with Crippen molar-refractivity contribution in [3.05, 3.63) is 40.5 Å². The lowest BCUT2D eigenvalue weighted by molar-refractivity contribution is -0.0582. The molecule has 3 saturated heterocycles. The molecule has 0 radical (unpaired) electrons. The Morgan fingerprint density at radius 3 is 2.62 bits per heavy atom.